The first kappa shape index (κ1) is 12.7. The van der Waals surface area contributed by atoms with Crippen LogP contribution >= 0.6 is 0 Å². The minimum atomic E-state index is -0.369. The van der Waals surface area contributed by atoms with E-state index in [9.17, 15) is 0 Å². The Morgan fingerprint density at radius 1 is 1.05 bits per heavy atom. The van der Waals surface area contributed by atoms with Gasteiger partial charge in [-0.2, -0.15) is 0 Å². The van der Waals surface area contributed by atoms with Crippen LogP contribution in [0.5, 0.6) is 0 Å². The number of hydrogen-bond donors (Lipinski definition) is 0. The molecule has 21 heavy (non-hydrogen) atoms. The molecule has 2 nitrogen and oxygen atoms in total. The maximum Gasteiger partial charge on any atom is 0.130 e. The van der Waals surface area contributed by atoms with Gasteiger partial charge in [-0.05, 0) is 37.6 Å². The van der Waals surface area contributed by atoms with E-state index in [0.29, 0.717) is 0 Å². The summed E-state index contributed by atoms with van der Waals surface area (Å²) in [5, 5.41) is 1.30. The Labute approximate surface area is 125 Å². The lowest BCUT2D eigenvalue weighted by Gasteiger charge is -2.36. The van der Waals surface area contributed by atoms with Gasteiger partial charge in [0.1, 0.15) is 5.60 Å². The van der Waals surface area contributed by atoms with Crippen molar-refractivity contribution in [1.29, 1.82) is 0 Å². The van der Waals surface area contributed by atoms with Gasteiger partial charge < -0.3 is 9.30 Å². The zero-order chi connectivity index (χ0) is 14.4. The highest BCUT2D eigenvalue weighted by Gasteiger charge is 2.36. The first-order chi connectivity index (χ1) is 10.2. The summed E-state index contributed by atoms with van der Waals surface area (Å²) in [5.74, 6) is 0. The highest BCUT2D eigenvalue weighted by molar-refractivity contribution is 5.82. The van der Waals surface area contributed by atoms with E-state index in [2.05, 4.69) is 73.0 Å². The molecule has 1 aliphatic heterocycles. The second kappa shape index (κ2) is 4.47. The van der Waals surface area contributed by atoms with Crippen LogP contribution in [0.2, 0.25) is 0 Å². The zero-order valence-electron chi connectivity index (χ0n) is 12.5. The molecule has 0 fully saturated rings. The Kier molecular flexibility index (Phi) is 2.69. The molecule has 2 heteroatoms. The third-order valence-electron chi connectivity index (χ3n) is 4.58. The quantitative estimate of drug-likeness (QED) is 0.649. The van der Waals surface area contributed by atoms with Gasteiger partial charge in [-0.1, -0.05) is 42.0 Å². The maximum atomic E-state index is 6.22. The molecular formula is C19H19NO. The van der Waals surface area contributed by atoms with Crippen molar-refractivity contribution in [1.82, 2.24) is 4.57 Å². The molecule has 1 aromatic heterocycles. The molecule has 2 heterocycles. The van der Waals surface area contributed by atoms with Crippen LogP contribution in [-0.4, -0.2) is 11.2 Å². The standard InChI is InChI=1S/C19H19NO/c1-14-8-9-17-15(12-14)13-18-19(2,21-11-10-20(17)18)16-6-4-3-5-7-16/h3-9,12-13H,10-11H2,1-2H3. The molecule has 0 radical (unpaired) electrons. The summed E-state index contributed by atoms with van der Waals surface area (Å²) in [6.07, 6.45) is 0. The van der Waals surface area contributed by atoms with Crippen LogP contribution in [0.4, 0.5) is 0 Å². The summed E-state index contributed by atoms with van der Waals surface area (Å²) in [5.41, 5.74) is 4.70. The lowest BCUT2D eigenvalue weighted by molar-refractivity contribution is -0.0326. The van der Waals surface area contributed by atoms with Gasteiger partial charge in [-0.3, -0.25) is 0 Å². The van der Waals surface area contributed by atoms with E-state index in [-0.39, 0.29) is 5.60 Å². The summed E-state index contributed by atoms with van der Waals surface area (Å²) < 4.78 is 8.62. The Bertz CT molecular complexity index is 803. The SMILES string of the molecule is Cc1ccc2c(c1)cc1n2CCOC1(C)c1ccccc1. The minimum absolute atomic E-state index is 0.369. The van der Waals surface area contributed by atoms with E-state index in [1.807, 2.05) is 0 Å². The van der Waals surface area contributed by atoms with Crippen LogP contribution in [0.3, 0.4) is 0 Å². The van der Waals surface area contributed by atoms with E-state index in [1.165, 1.54) is 27.7 Å². The molecule has 3 aromatic rings. The predicted octanol–water partition coefficient (Wildman–Crippen LogP) is 4.24. The molecule has 0 N–H and O–H groups in total. The van der Waals surface area contributed by atoms with Crippen LogP contribution in [0.15, 0.2) is 54.6 Å². The number of rotatable bonds is 1. The summed E-state index contributed by atoms with van der Waals surface area (Å²) in [7, 11) is 0. The number of ether oxygens (including phenoxy) is 1. The molecule has 106 valence electrons. The number of hydrogen-bond acceptors (Lipinski definition) is 1. The lowest BCUT2D eigenvalue weighted by atomic mass is 9.91. The van der Waals surface area contributed by atoms with E-state index in [4.69, 9.17) is 4.74 Å². The molecule has 0 saturated carbocycles. The normalized spacial score (nSPS) is 21.4. The Hall–Kier alpha value is -2.06. The Morgan fingerprint density at radius 3 is 2.67 bits per heavy atom. The van der Waals surface area contributed by atoms with E-state index in [1.54, 1.807) is 0 Å². The van der Waals surface area contributed by atoms with Gasteiger partial charge in [0.15, 0.2) is 0 Å². The Morgan fingerprint density at radius 2 is 1.86 bits per heavy atom. The van der Waals surface area contributed by atoms with Crippen LogP contribution in [0.1, 0.15) is 23.7 Å². The fourth-order valence-corrected chi connectivity index (χ4v) is 3.43. The topological polar surface area (TPSA) is 14.2 Å². The third-order valence-corrected chi connectivity index (χ3v) is 4.58. The predicted molar refractivity (Wildman–Crippen MR) is 85.5 cm³/mol. The number of aromatic nitrogens is 1. The Balaban J connectivity index is 1.98. The third kappa shape index (κ3) is 1.83. The molecule has 0 amide bonds. The number of benzene rings is 2. The van der Waals surface area contributed by atoms with Crippen molar-refractivity contribution in [2.45, 2.75) is 26.0 Å². The molecule has 1 aliphatic rings. The van der Waals surface area contributed by atoms with Crippen LogP contribution < -0.4 is 0 Å². The van der Waals surface area contributed by atoms with Crippen LogP contribution in [0, 0.1) is 6.92 Å². The zero-order valence-corrected chi connectivity index (χ0v) is 12.5. The minimum Gasteiger partial charge on any atom is -0.362 e. The molecule has 4 rings (SSSR count). The van der Waals surface area contributed by atoms with Crippen molar-refractivity contribution in [2.24, 2.45) is 0 Å². The van der Waals surface area contributed by atoms with Gasteiger partial charge in [0.05, 0.1) is 12.3 Å². The molecule has 0 aliphatic carbocycles. The summed E-state index contributed by atoms with van der Waals surface area (Å²) in [6, 6.07) is 19.5. The molecular weight excluding hydrogens is 258 g/mol. The smallest absolute Gasteiger partial charge is 0.130 e. The molecule has 1 atom stereocenters. The van der Waals surface area contributed by atoms with Crippen molar-refractivity contribution in [3.05, 3.63) is 71.4 Å². The van der Waals surface area contributed by atoms with Crippen molar-refractivity contribution in [2.75, 3.05) is 6.61 Å². The van der Waals surface area contributed by atoms with Crippen molar-refractivity contribution in [3.63, 3.8) is 0 Å². The summed E-state index contributed by atoms with van der Waals surface area (Å²) in [4.78, 5) is 0. The number of aryl methyl sites for hydroxylation is 1. The molecule has 0 bridgehead atoms. The summed E-state index contributed by atoms with van der Waals surface area (Å²) in [6.45, 7) is 5.99. The van der Waals surface area contributed by atoms with Gasteiger partial charge in [0, 0.05) is 17.4 Å². The second-order valence-corrected chi connectivity index (χ2v) is 5.99. The highest BCUT2D eigenvalue weighted by atomic mass is 16.5. The molecule has 0 saturated heterocycles. The van der Waals surface area contributed by atoms with Crippen LogP contribution in [-0.2, 0) is 16.9 Å². The fraction of sp³-hybridized carbons (Fsp3) is 0.263. The lowest BCUT2D eigenvalue weighted by Crippen LogP contribution is -2.36. The van der Waals surface area contributed by atoms with Gasteiger partial charge in [0.25, 0.3) is 0 Å². The molecule has 1 unspecified atom stereocenters. The average Bonchev–Trinajstić information content (AvgIpc) is 2.87. The first-order valence-electron chi connectivity index (χ1n) is 7.48. The second-order valence-electron chi connectivity index (χ2n) is 5.99. The van der Waals surface area contributed by atoms with Gasteiger partial charge in [-0.15, -0.1) is 0 Å². The van der Waals surface area contributed by atoms with E-state index in [0.717, 1.165) is 13.2 Å². The largest absolute Gasteiger partial charge is 0.362 e. The number of fused-ring (bicyclic) bond motifs is 3. The highest BCUT2D eigenvalue weighted by Crippen LogP contribution is 2.39. The monoisotopic (exact) mass is 277 g/mol. The molecule has 2 aromatic carbocycles. The molecule has 0 spiro atoms. The average molecular weight is 277 g/mol. The fourth-order valence-electron chi connectivity index (χ4n) is 3.43. The van der Waals surface area contributed by atoms with Crippen LogP contribution in [0.25, 0.3) is 10.9 Å². The van der Waals surface area contributed by atoms with Crippen molar-refractivity contribution in [3.8, 4) is 0 Å². The van der Waals surface area contributed by atoms with E-state index >= 15 is 0 Å². The maximum absolute atomic E-state index is 6.22. The van der Waals surface area contributed by atoms with Crippen molar-refractivity contribution >= 4 is 10.9 Å². The number of nitrogens with zero attached hydrogens (tertiary/aromatic N) is 1. The van der Waals surface area contributed by atoms with Gasteiger partial charge >= 0.3 is 0 Å². The van der Waals surface area contributed by atoms with Gasteiger partial charge in [-0.25, -0.2) is 0 Å². The first-order valence-corrected chi connectivity index (χ1v) is 7.48. The van der Waals surface area contributed by atoms with Gasteiger partial charge in [0.2, 0.25) is 0 Å². The van der Waals surface area contributed by atoms with E-state index < -0.39 is 0 Å². The summed E-state index contributed by atoms with van der Waals surface area (Å²) >= 11 is 0. The van der Waals surface area contributed by atoms with Crippen molar-refractivity contribution < 1.29 is 4.74 Å².